The van der Waals surface area contributed by atoms with Gasteiger partial charge in [0.2, 0.25) is 0 Å². The topological polar surface area (TPSA) is 237 Å². The Morgan fingerprint density at radius 2 is 0.480 bits per heavy atom. The number of rotatable bonds is 78. The van der Waals surface area contributed by atoms with Gasteiger partial charge in [0, 0.05) is 25.7 Å². The predicted molar refractivity (Wildman–Crippen MR) is 409 cm³/mol. The average Bonchev–Trinajstić information content (AvgIpc) is 0.919. The molecule has 0 fully saturated rings. The van der Waals surface area contributed by atoms with Gasteiger partial charge in [-0.05, 0) is 49.4 Å². The normalized spacial score (nSPS) is 14.3. The summed E-state index contributed by atoms with van der Waals surface area (Å²) in [6, 6.07) is 0. The van der Waals surface area contributed by atoms with Gasteiger partial charge in [0.1, 0.15) is 19.3 Å². The van der Waals surface area contributed by atoms with Crippen molar-refractivity contribution in [1.29, 1.82) is 0 Å². The first-order valence-electron chi connectivity index (χ1n) is 41.7. The van der Waals surface area contributed by atoms with Crippen LogP contribution in [0.2, 0.25) is 0 Å². The van der Waals surface area contributed by atoms with E-state index in [9.17, 15) is 43.2 Å². The van der Waals surface area contributed by atoms with E-state index in [1.807, 2.05) is 0 Å². The van der Waals surface area contributed by atoms with Gasteiger partial charge >= 0.3 is 39.5 Å². The average molecular weight is 1470 g/mol. The molecule has 0 aliphatic heterocycles. The summed E-state index contributed by atoms with van der Waals surface area (Å²) in [4.78, 5) is 73.0. The van der Waals surface area contributed by atoms with Gasteiger partial charge in [-0.2, -0.15) is 0 Å². The van der Waals surface area contributed by atoms with E-state index in [1.54, 1.807) is 0 Å². The van der Waals surface area contributed by atoms with E-state index in [4.69, 9.17) is 37.0 Å². The lowest BCUT2D eigenvalue weighted by Crippen LogP contribution is -2.30. The lowest BCUT2D eigenvalue weighted by Gasteiger charge is -2.21. The number of ether oxygens (including phenoxy) is 4. The number of aliphatic hydroxyl groups is 1. The molecule has 19 heteroatoms. The summed E-state index contributed by atoms with van der Waals surface area (Å²) in [5.74, 6) is 1.01. The molecule has 4 unspecified atom stereocenters. The van der Waals surface area contributed by atoms with Crippen LogP contribution in [0.25, 0.3) is 0 Å². The number of esters is 4. The third-order valence-electron chi connectivity index (χ3n) is 19.2. The summed E-state index contributed by atoms with van der Waals surface area (Å²) < 4.78 is 68.7. The van der Waals surface area contributed by atoms with Gasteiger partial charge < -0.3 is 33.8 Å². The van der Waals surface area contributed by atoms with Crippen LogP contribution in [0, 0.1) is 23.7 Å². The van der Waals surface area contributed by atoms with E-state index in [1.165, 1.54) is 212 Å². The maximum Gasteiger partial charge on any atom is 0.472 e. The number of unbranched alkanes of at least 4 members (excludes halogenated alkanes) is 43. The molecule has 0 aromatic heterocycles. The second kappa shape index (κ2) is 70.1. The van der Waals surface area contributed by atoms with Crippen molar-refractivity contribution in [3.8, 4) is 0 Å². The maximum absolute atomic E-state index is 13.1. The molecule has 0 saturated carbocycles. The molecular weight excluding hydrogens is 1310 g/mol. The van der Waals surface area contributed by atoms with Crippen molar-refractivity contribution >= 4 is 39.5 Å². The van der Waals surface area contributed by atoms with E-state index in [0.29, 0.717) is 31.6 Å². The molecule has 17 nitrogen and oxygen atoms in total. The molecule has 0 rings (SSSR count). The Morgan fingerprint density at radius 1 is 0.280 bits per heavy atom. The van der Waals surface area contributed by atoms with E-state index in [-0.39, 0.29) is 25.7 Å². The number of phosphoric acid groups is 2. The minimum Gasteiger partial charge on any atom is -0.462 e. The first-order chi connectivity index (χ1) is 48.1. The van der Waals surface area contributed by atoms with Crippen molar-refractivity contribution in [3.63, 3.8) is 0 Å². The van der Waals surface area contributed by atoms with E-state index in [0.717, 1.165) is 114 Å². The number of phosphoric ester groups is 2. The third kappa shape index (κ3) is 73.0. The Morgan fingerprint density at radius 3 is 0.710 bits per heavy atom. The van der Waals surface area contributed by atoms with Gasteiger partial charge in [0.05, 0.1) is 26.4 Å². The molecule has 594 valence electrons. The van der Waals surface area contributed by atoms with Crippen LogP contribution in [-0.2, 0) is 65.4 Å². The van der Waals surface area contributed by atoms with Crippen molar-refractivity contribution in [2.75, 3.05) is 39.6 Å². The van der Waals surface area contributed by atoms with Gasteiger partial charge in [-0.25, -0.2) is 9.13 Å². The van der Waals surface area contributed by atoms with Crippen molar-refractivity contribution in [1.82, 2.24) is 0 Å². The molecule has 3 N–H and O–H groups in total. The smallest absolute Gasteiger partial charge is 0.462 e. The van der Waals surface area contributed by atoms with Crippen LogP contribution >= 0.6 is 15.6 Å². The Hall–Kier alpha value is -1.94. The molecule has 0 aliphatic rings. The molecule has 0 aromatic rings. The lowest BCUT2D eigenvalue weighted by atomic mass is 9.99. The van der Waals surface area contributed by atoms with Crippen LogP contribution in [0.4, 0.5) is 0 Å². The van der Waals surface area contributed by atoms with Gasteiger partial charge in [-0.3, -0.25) is 37.3 Å². The number of carbonyl (C=O) groups is 4. The SMILES string of the molecule is CCC(C)CCCCCCCCCCCCCCCCC(=O)O[C@H](COC(=O)CCCCCCCCCCCCCCC(C)C)COP(=O)(O)OCC(O)COP(=O)(O)OC[C@@H](COC(=O)CCCCCCCCCC(C)C)OC(=O)CCCCCCCCCCCCCCCCC(C)C. The zero-order valence-electron chi connectivity index (χ0n) is 65.8. The predicted octanol–water partition coefficient (Wildman–Crippen LogP) is 24.0. The first kappa shape index (κ1) is 98.1. The molecule has 6 atom stereocenters. The van der Waals surface area contributed by atoms with Gasteiger partial charge in [-0.1, -0.05) is 364 Å². The Bertz CT molecular complexity index is 1960. The molecule has 0 aromatic carbocycles. The van der Waals surface area contributed by atoms with Crippen LogP contribution in [0.15, 0.2) is 0 Å². The molecule has 100 heavy (non-hydrogen) atoms. The lowest BCUT2D eigenvalue weighted by molar-refractivity contribution is -0.161. The summed E-state index contributed by atoms with van der Waals surface area (Å²) in [7, 11) is -9.92. The maximum atomic E-state index is 13.1. The monoisotopic (exact) mass is 1470 g/mol. The Kier molecular flexibility index (Phi) is 68.7. The van der Waals surface area contributed by atoms with Crippen molar-refractivity contribution in [2.24, 2.45) is 23.7 Å². The molecule has 0 amide bonds. The fourth-order valence-corrected chi connectivity index (χ4v) is 14.0. The molecule has 0 radical (unpaired) electrons. The van der Waals surface area contributed by atoms with Crippen LogP contribution in [0.1, 0.15) is 415 Å². The van der Waals surface area contributed by atoms with Crippen LogP contribution < -0.4 is 0 Å². The summed E-state index contributed by atoms with van der Waals surface area (Å²) in [5, 5.41) is 10.6. The highest BCUT2D eigenvalue weighted by atomic mass is 31.2. The van der Waals surface area contributed by atoms with Gasteiger partial charge in [-0.15, -0.1) is 0 Å². The molecule has 0 heterocycles. The summed E-state index contributed by atoms with van der Waals surface area (Å²) in [5.41, 5.74) is 0. The second-order valence-electron chi connectivity index (χ2n) is 30.8. The standard InChI is InChI=1S/C81H158O17P2/c1-9-74(8)60-52-44-36-28-22-15-11-13-17-25-31-39-48-56-63-80(85)97-76(67-91-78(83)61-53-45-37-29-23-19-18-21-27-34-42-50-58-72(4)5)69-95-99(87,88)93-65-75(82)66-94-100(89,90)96-70-77(68-92-79(84)62-54-46-40-32-35-43-51-59-73(6)7)98-81(86)64-55-47-38-30-24-16-12-10-14-20-26-33-41-49-57-71(2)3/h71-77,82H,9-70H2,1-8H3,(H,87,88)(H,89,90)/t74?,75?,76-,77-/m1/s1. The van der Waals surface area contributed by atoms with Crippen LogP contribution in [-0.4, -0.2) is 96.7 Å². The van der Waals surface area contributed by atoms with Gasteiger partial charge in [0.25, 0.3) is 0 Å². The highest BCUT2D eigenvalue weighted by Gasteiger charge is 2.30. The zero-order valence-corrected chi connectivity index (χ0v) is 67.6. The van der Waals surface area contributed by atoms with Crippen molar-refractivity contribution in [2.45, 2.75) is 433 Å². The highest BCUT2D eigenvalue weighted by molar-refractivity contribution is 7.47. The number of hydrogen-bond donors (Lipinski definition) is 3. The molecule has 0 spiro atoms. The molecule has 0 aliphatic carbocycles. The summed E-state index contributed by atoms with van der Waals surface area (Å²) in [6.45, 7) is 14.3. The van der Waals surface area contributed by atoms with E-state index >= 15 is 0 Å². The Labute approximate surface area is 613 Å². The number of hydrogen-bond acceptors (Lipinski definition) is 15. The number of carbonyl (C=O) groups excluding carboxylic acids is 4. The van der Waals surface area contributed by atoms with E-state index in [2.05, 4.69) is 55.4 Å². The molecular formula is C81H158O17P2. The summed E-state index contributed by atoms with van der Waals surface area (Å²) >= 11 is 0. The number of aliphatic hydroxyl groups excluding tert-OH is 1. The molecule has 0 saturated heterocycles. The first-order valence-corrected chi connectivity index (χ1v) is 44.7. The highest BCUT2D eigenvalue weighted by Crippen LogP contribution is 2.45. The quantitative estimate of drug-likeness (QED) is 0.0222. The van der Waals surface area contributed by atoms with Crippen LogP contribution in [0.3, 0.4) is 0 Å². The second-order valence-corrected chi connectivity index (χ2v) is 33.7. The fraction of sp³-hybridized carbons (Fsp3) is 0.951. The fourth-order valence-electron chi connectivity index (χ4n) is 12.4. The summed E-state index contributed by atoms with van der Waals surface area (Å²) in [6.07, 6.45) is 56.8. The Balaban J connectivity index is 5.25. The minimum atomic E-state index is -4.96. The largest absolute Gasteiger partial charge is 0.472 e. The van der Waals surface area contributed by atoms with Gasteiger partial charge in [0.15, 0.2) is 12.2 Å². The van der Waals surface area contributed by atoms with E-state index < -0.39 is 97.5 Å². The van der Waals surface area contributed by atoms with Crippen molar-refractivity contribution < 1.29 is 80.2 Å². The zero-order chi connectivity index (χ0) is 73.8. The van der Waals surface area contributed by atoms with Crippen molar-refractivity contribution in [3.05, 3.63) is 0 Å². The minimum absolute atomic E-state index is 0.106. The molecule has 0 bridgehead atoms. The third-order valence-corrected chi connectivity index (χ3v) is 21.1. The van der Waals surface area contributed by atoms with Crippen LogP contribution in [0.5, 0.6) is 0 Å².